The van der Waals surface area contributed by atoms with E-state index in [9.17, 15) is 0 Å². The van der Waals surface area contributed by atoms with Crippen LogP contribution in [0.4, 0.5) is 5.69 Å². The molecule has 2 fully saturated rings. The monoisotopic (exact) mass is 231 g/mol. The fourth-order valence-electron chi connectivity index (χ4n) is 2.50. The van der Waals surface area contributed by atoms with Crippen molar-refractivity contribution in [2.75, 3.05) is 18.0 Å². The predicted molar refractivity (Wildman–Crippen MR) is 70.3 cm³/mol. The van der Waals surface area contributed by atoms with Gasteiger partial charge in [0.05, 0.1) is 0 Å². The van der Waals surface area contributed by atoms with E-state index in [1.807, 2.05) is 0 Å². The number of rotatable bonds is 4. The van der Waals surface area contributed by atoms with Crippen LogP contribution in [0.1, 0.15) is 36.9 Å². The van der Waals surface area contributed by atoms with E-state index < -0.39 is 0 Å². The molecule has 2 heterocycles. The van der Waals surface area contributed by atoms with E-state index in [-0.39, 0.29) is 0 Å². The minimum Gasteiger partial charge on any atom is -0.371 e. The maximum atomic E-state index is 4.44. The van der Waals surface area contributed by atoms with Crippen molar-refractivity contribution in [3.8, 4) is 0 Å². The first-order valence-electron chi connectivity index (χ1n) is 6.77. The van der Waals surface area contributed by atoms with Gasteiger partial charge in [0.15, 0.2) is 0 Å². The number of nitrogens with one attached hydrogen (secondary N) is 1. The van der Waals surface area contributed by atoms with Gasteiger partial charge in [-0.2, -0.15) is 0 Å². The van der Waals surface area contributed by atoms with E-state index in [1.54, 1.807) is 0 Å². The topological polar surface area (TPSA) is 28.2 Å². The smallest absolute Gasteiger partial charge is 0.0445 e. The molecule has 1 saturated carbocycles. The summed E-state index contributed by atoms with van der Waals surface area (Å²) < 4.78 is 0. The third-order valence-corrected chi connectivity index (χ3v) is 3.70. The third kappa shape index (κ3) is 2.60. The van der Waals surface area contributed by atoms with Gasteiger partial charge in [0, 0.05) is 48.8 Å². The molecule has 0 bridgehead atoms. The first-order chi connectivity index (χ1) is 8.33. The molecule has 0 aromatic carbocycles. The molecule has 92 valence electrons. The van der Waals surface area contributed by atoms with E-state index >= 15 is 0 Å². The molecule has 1 aliphatic heterocycles. The fraction of sp³-hybridized carbons (Fsp3) is 0.643. The average Bonchev–Trinajstić information content (AvgIpc) is 3.00. The van der Waals surface area contributed by atoms with E-state index in [2.05, 4.69) is 34.4 Å². The number of pyridine rings is 1. The SMILES string of the molecule is Cc1cc(N2CCCC2)c(CNC2CC2)cn1. The summed E-state index contributed by atoms with van der Waals surface area (Å²) in [6.07, 6.45) is 7.41. The average molecular weight is 231 g/mol. The second-order valence-corrected chi connectivity index (χ2v) is 5.30. The molecule has 0 unspecified atom stereocenters. The molecule has 1 N–H and O–H groups in total. The maximum Gasteiger partial charge on any atom is 0.0445 e. The highest BCUT2D eigenvalue weighted by molar-refractivity contribution is 5.54. The quantitative estimate of drug-likeness (QED) is 0.861. The molecule has 3 nitrogen and oxygen atoms in total. The zero-order valence-electron chi connectivity index (χ0n) is 10.6. The molecular weight excluding hydrogens is 210 g/mol. The van der Waals surface area contributed by atoms with Crippen LogP contribution in [-0.4, -0.2) is 24.1 Å². The second-order valence-electron chi connectivity index (χ2n) is 5.30. The van der Waals surface area contributed by atoms with Gasteiger partial charge in [-0.15, -0.1) is 0 Å². The van der Waals surface area contributed by atoms with Crippen LogP contribution in [0.3, 0.4) is 0 Å². The minimum atomic E-state index is 0.766. The molecule has 0 spiro atoms. The molecule has 1 aromatic heterocycles. The molecule has 0 radical (unpaired) electrons. The number of hydrogen-bond donors (Lipinski definition) is 1. The Morgan fingerprint density at radius 3 is 2.82 bits per heavy atom. The standard InChI is InChI=1S/C14H21N3/c1-11-8-14(17-6-2-3-7-17)12(9-15-11)10-16-13-4-5-13/h8-9,13,16H,2-7,10H2,1H3. The van der Waals surface area contributed by atoms with Crippen LogP contribution in [0.25, 0.3) is 0 Å². The zero-order chi connectivity index (χ0) is 11.7. The van der Waals surface area contributed by atoms with Gasteiger partial charge in [-0.25, -0.2) is 0 Å². The highest BCUT2D eigenvalue weighted by Gasteiger charge is 2.22. The number of hydrogen-bond acceptors (Lipinski definition) is 3. The Morgan fingerprint density at radius 1 is 1.35 bits per heavy atom. The van der Waals surface area contributed by atoms with Crippen LogP contribution in [0, 0.1) is 6.92 Å². The summed E-state index contributed by atoms with van der Waals surface area (Å²) in [7, 11) is 0. The Hall–Kier alpha value is -1.09. The van der Waals surface area contributed by atoms with Crippen LogP contribution in [0.5, 0.6) is 0 Å². The van der Waals surface area contributed by atoms with Crippen molar-refractivity contribution in [3.63, 3.8) is 0 Å². The number of aromatic nitrogens is 1. The molecule has 3 rings (SSSR count). The summed E-state index contributed by atoms with van der Waals surface area (Å²) >= 11 is 0. The van der Waals surface area contributed by atoms with Crippen LogP contribution < -0.4 is 10.2 Å². The van der Waals surface area contributed by atoms with Crippen molar-refractivity contribution >= 4 is 5.69 Å². The summed E-state index contributed by atoms with van der Waals surface area (Å²) in [4.78, 5) is 6.96. The molecule has 3 heteroatoms. The van der Waals surface area contributed by atoms with E-state index in [0.29, 0.717) is 0 Å². The predicted octanol–water partition coefficient (Wildman–Crippen LogP) is 2.24. The van der Waals surface area contributed by atoms with Gasteiger partial charge in [0.2, 0.25) is 0 Å². The normalized spacial score (nSPS) is 19.9. The highest BCUT2D eigenvalue weighted by atomic mass is 15.1. The molecule has 0 amide bonds. The lowest BCUT2D eigenvalue weighted by molar-refractivity contribution is 0.683. The summed E-state index contributed by atoms with van der Waals surface area (Å²) in [5.41, 5.74) is 3.90. The van der Waals surface area contributed by atoms with Crippen molar-refractivity contribution in [1.82, 2.24) is 10.3 Å². The third-order valence-electron chi connectivity index (χ3n) is 3.70. The Labute approximate surface area is 103 Å². The number of aryl methyl sites for hydroxylation is 1. The summed E-state index contributed by atoms with van der Waals surface area (Å²) in [6.45, 7) is 5.47. The van der Waals surface area contributed by atoms with Gasteiger partial charge in [0.25, 0.3) is 0 Å². The molecule has 1 aromatic rings. The van der Waals surface area contributed by atoms with Gasteiger partial charge >= 0.3 is 0 Å². The van der Waals surface area contributed by atoms with Crippen LogP contribution in [0.15, 0.2) is 12.3 Å². The Kier molecular flexibility index (Phi) is 3.02. The van der Waals surface area contributed by atoms with Gasteiger partial charge in [-0.05, 0) is 38.7 Å². The number of nitrogens with zero attached hydrogens (tertiary/aromatic N) is 2. The van der Waals surface area contributed by atoms with Gasteiger partial charge in [-0.3, -0.25) is 4.98 Å². The first-order valence-corrected chi connectivity index (χ1v) is 6.77. The zero-order valence-corrected chi connectivity index (χ0v) is 10.6. The highest BCUT2D eigenvalue weighted by Crippen LogP contribution is 2.26. The lowest BCUT2D eigenvalue weighted by Crippen LogP contribution is -2.23. The number of anilines is 1. The molecule has 1 saturated heterocycles. The fourth-order valence-corrected chi connectivity index (χ4v) is 2.50. The lowest BCUT2D eigenvalue weighted by atomic mass is 10.2. The van der Waals surface area contributed by atoms with E-state index in [0.717, 1.165) is 18.3 Å². The van der Waals surface area contributed by atoms with E-state index in [1.165, 1.54) is 50.0 Å². The van der Waals surface area contributed by atoms with Crippen LogP contribution in [-0.2, 0) is 6.54 Å². The summed E-state index contributed by atoms with van der Waals surface area (Å²) in [6, 6.07) is 3.01. The summed E-state index contributed by atoms with van der Waals surface area (Å²) in [5, 5.41) is 3.59. The minimum absolute atomic E-state index is 0.766. The van der Waals surface area contributed by atoms with Gasteiger partial charge in [0.1, 0.15) is 0 Å². The van der Waals surface area contributed by atoms with Crippen LogP contribution in [0.2, 0.25) is 0 Å². The maximum absolute atomic E-state index is 4.44. The molecular formula is C14H21N3. The van der Waals surface area contributed by atoms with Crippen molar-refractivity contribution in [2.24, 2.45) is 0 Å². The molecule has 2 aliphatic rings. The molecule has 17 heavy (non-hydrogen) atoms. The van der Waals surface area contributed by atoms with Crippen molar-refractivity contribution in [2.45, 2.75) is 45.2 Å². The Morgan fingerprint density at radius 2 is 2.12 bits per heavy atom. The first kappa shape index (κ1) is 11.0. The van der Waals surface area contributed by atoms with E-state index in [4.69, 9.17) is 0 Å². The van der Waals surface area contributed by atoms with Crippen molar-refractivity contribution in [3.05, 3.63) is 23.5 Å². The lowest BCUT2D eigenvalue weighted by Gasteiger charge is -2.21. The largest absolute Gasteiger partial charge is 0.371 e. The van der Waals surface area contributed by atoms with Crippen LogP contribution >= 0.6 is 0 Å². The second kappa shape index (κ2) is 4.65. The summed E-state index contributed by atoms with van der Waals surface area (Å²) in [5.74, 6) is 0. The van der Waals surface area contributed by atoms with Gasteiger partial charge < -0.3 is 10.2 Å². The van der Waals surface area contributed by atoms with Crippen molar-refractivity contribution < 1.29 is 0 Å². The Balaban J connectivity index is 1.78. The van der Waals surface area contributed by atoms with Crippen molar-refractivity contribution in [1.29, 1.82) is 0 Å². The van der Waals surface area contributed by atoms with Gasteiger partial charge in [-0.1, -0.05) is 0 Å². The molecule has 1 aliphatic carbocycles. The molecule has 0 atom stereocenters. The Bertz CT molecular complexity index is 392.